The van der Waals surface area contributed by atoms with Crippen LogP contribution in [0.4, 0.5) is 0 Å². The van der Waals surface area contributed by atoms with Crippen molar-refractivity contribution in [1.82, 2.24) is 0 Å². The third kappa shape index (κ3) is 18.2. The Balaban J connectivity index is 4.05. The molecule has 0 aliphatic heterocycles. The lowest BCUT2D eigenvalue weighted by molar-refractivity contribution is -0.0997. The molecule has 32 heavy (non-hydrogen) atoms. The molecule has 0 aliphatic carbocycles. The van der Waals surface area contributed by atoms with E-state index in [1.165, 1.54) is 25.7 Å². The first-order valence-corrected chi connectivity index (χ1v) is 13.2. The average molecular weight is 463 g/mol. The Morgan fingerprint density at radius 3 is 1.62 bits per heavy atom. The van der Waals surface area contributed by atoms with Crippen LogP contribution in [0.3, 0.4) is 0 Å². The summed E-state index contributed by atoms with van der Waals surface area (Å²) in [4.78, 5) is 0. The maximum Gasteiger partial charge on any atom is 0.0807 e. The molecule has 0 saturated heterocycles. The van der Waals surface area contributed by atoms with Crippen molar-refractivity contribution in [3.63, 3.8) is 0 Å². The fourth-order valence-corrected chi connectivity index (χ4v) is 3.24. The van der Waals surface area contributed by atoms with E-state index < -0.39 is 0 Å². The van der Waals surface area contributed by atoms with Gasteiger partial charge in [-0.2, -0.15) is 0 Å². The molecule has 6 nitrogen and oxygen atoms in total. The molecule has 4 atom stereocenters. The molecule has 0 bridgehead atoms. The van der Waals surface area contributed by atoms with Crippen LogP contribution in [0, 0.1) is 5.92 Å². The molecule has 0 fully saturated rings. The zero-order chi connectivity index (χ0) is 23.9. The van der Waals surface area contributed by atoms with Crippen molar-refractivity contribution in [3.05, 3.63) is 0 Å². The van der Waals surface area contributed by atoms with E-state index >= 15 is 0 Å². The number of hydrogen-bond donors (Lipinski definition) is 0. The van der Waals surface area contributed by atoms with E-state index in [0.29, 0.717) is 52.2 Å². The Labute approximate surface area is 199 Å². The molecule has 0 heterocycles. The highest BCUT2D eigenvalue weighted by Crippen LogP contribution is 2.14. The van der Waals surface area contributed by atoms with Gasteiger partial charge in [-0.1, -0.05) is 53.9 Å². The Hall–Kier alpha value is -0.240. The summed E-state index contributed by atoms with van der Waals surface area (Å²) in [5, 5.41) is 0. The Morgan fingerprint density at radius 2 is 1.06 bits per heavy atom. The monoisotopic (exact) mass is 462 g/mol. The largest absolute Gasteiger partial charge is 0.379 e. The molecular formula is C26H54O6. The van der Waals surface area contributed by atoms with Gasteiger partial charge in [0.05, 0.1) is 64.6 Å². The predicted octanol–water partition coefficient (Wildman–Crippen LogP) is 5.66. The first-order valence-electron chi connectivity index (χ1n) is 13.2. The minimum Gasteiger partial charge on any atom is -0.379 e. The van der Waals surface area contributed by atoms with Gasteiger partial charge in [-0.3, -0.25) is 0 Å². The normalized spacial score (nSPS) is 15.6. The van der Waals surface area contributed by atoms with Gasteiger partial charge >= 0.3 is 0 Å². The summed E-state index contributed by atoms with van der Waals surface area (Å²) in [5.41, 5.74) is 0. The highest BCUT2D eigenvalue weighted by Gasteiger charge is 2.16. The molecule has 0 N–H and O–H groups in total. The van der Waals surface area contributed by atoms with Crippen LogP contribution in [-0.4, -0.2) is 77.8 Å². The topological polar surface area (TPSA) is 55.4 Å². The lowest BCUT2D eigenvalue weighted by Crippen LogP contribution is -2.30. The van der Waals surface area contributed by atoms with Crippen LogP contribution in [0.25, 0.3) is 0 Å². The summed E-state index contributed by atoms with van der Waals surface area (Å²) in [6.07, 6.45) is 8.06. The zero-order valence-corrected chi connectivity index (χ0v) is 22.1. The number of rotatable bonds is 25. The molecule has 0 spiro atoms. The van der Waals surface area contributed by atoms with E-state index in [1.807, 2.05) is 6.92 Å². The second kappa shape index (κ2) is 23.9. The molecule has 0 aromatic carbocycles. The van der Waals surface area contributed by atoms with Gasteiger partial charge in [0, 0.05) is 13.2 Å². The van der Waals surface area contributed by atoms with Gasteiger partial charge < -0.3 is 28.4 Å². The van der Waals surface area contributed by atoms with Crippen molar-refractivity contribution in [2.75, 3.05) is 59.5 Å². The van der Waals surface area contributed by atoms with E-state index in [0.717, 1.165) is 32.5 Å². The Kier molecular flexibility index (Phi) is 23.7. The molecule has 4 unspecified atom stereocenters. The van der Waals surface area contributed by atoms with E-state index in [2.05, 4.69) is 34.6 Å². The van der Waals surface area contributed by atoms with Gasteiger partial charge in [-0.25, -0.2) is 0 Å². The molecule has 0 radical (unpaired) electrons. The summed E-state index contributed by atoms with van der Waals surface area (Å²) in [7, 11) is 0. The van der Waals surface area contributed by atoms with Crippen molar-refractivity contribution < 1.29 is 28.4 Å². The molecule has 6 heteroatoms. The molecule has 0 aliphatic rings. The molecular weight excluding hydrogens is 408 g/mol. The van der Waals surface area contributed by atoms with Crippen molar-refractivity contribution in [2.45, 2.75) is 105 Å². The van der Waals surface area contributed by atoms with Crippen molar-refractivity contribution in [1.29, 1.82) is 0 Å². The summed E-state index contributed by atoms with van der Waals surface area (Å²) in [6, 6.07) is 0. The van der Waals surface area contributed by atoms with Gasteiger partial charge in [-0.15, -0.1) is 0 Å². The molecule has 0 rings (SSSR count). The maximum atomic E-state index is 6.13. The van der Waals surface area contributed by atoms with Crippen LogP contribution >= 0.6 is 0 Å². The van der Waals surface area contributed by atoms with Crippen LogP contribution in [-0.2, 0) is 28.4 Å². The highest BCUT2D eigenvalue weighted by molar-refractivity contribution is 4.63. The summed E-state index contributed by atoms with van der Waals surface area (Å²) < 4.78 is 34.9. The van der Waals surface area contributed by atoms with Crippen molar-refractivity contribution in [3.8, 4) is 0 Å². The Morgan fingerprint density at radius 1 is 0.500 bits per heavy atom. The molecule has 0 aromatic heterocycles. The minimum atomic E-state index is 0.0806. The summed E-state index contributed by atoms with van der Waals surface area (Å²) in [6.45, 7) is 18.7. The third-order valence-electron chi connectivity index (χ3n) is 5.76. The van der Waals surface area contributed by atoms with Crippen LogP contribution in [0.15, 0.2) is 0 Å². The van der Waals surface area contributed by atoms with Gasteiger partial charge in [0.2, 0.25) is 0 Å². The third-order valence-corrected chi connectivity index (χ3v) is 5.76. The van der Waals surface area contributed by atoms with Gasteiger partial charge in [-0.05, 0) is 38.5 Å². The Bertz CT molecular complexity index is 368. The molecule has 0 amide bonds. The molecule has 0 saturated carbocycles. The van der Waals surface area contributed by atoms with E-state index in [4.69, 9.17) is 28.4 Å². The maximum absolute atomic E-state index is 6.13. The van der Waals surface area contributed by atoms with Gasteiger partial charge in [0.25, 0.3) is 0 Å². The average Bonchev–Trinajstić information content (AvgIpc) is 2.82. The van der Waals surface area contributed by atoms with E-state index in [1.54, 1.807) is 0 Å². The highest BCUT2D eigenvalue weighted by atomic mass is 16.6. The van der Waals surface area contributed by atoms with Gasteiger partial charge in [0.15, 0.2) is 0 Å². The van der Waals surface area contributed by atoms with Crippen LogP contribution in [0.2, 0.25) is 0 Å². The summed E-state index contributed by atoms with van der Waals surface area (Å²) in [5.74, 6) is 0.667. The minimum absolute atomic E-state index is 0.0806. The molecule has 194 valence electrons. The van der Waals surface area contributed by atoms with E-state index in [-0.39, 0.29) is 18.3 Å². The molecule has 0 aromatic rings. The number of unbranched alkanes of at least 4 members (excludes halogenated alkanes) is 1. The van der Waals surface area contributed by atoms with Crippen LogP contribution < -0.4 is 0 Å². The van der Waals surface area contributed by atoms with Crippen molar-refractivity contribution in [2.24, 2.45) is 5.92 Å². The second-order valence-electron chi connectivity index (χ2n) is 8.39. The van der Waals surface area contributed by atoms with E-state index in [9.17, 15) is 0 Å². The quantitative estimate of drug-likeness (QED) is 0.163. The van der Waals surface area contributed by atoms with Crippen LogP contribution in [0.5, 0.6) is 0 Å². The van der Waals surface area contributed by atoms with Gasteiger partial charge in [0.1, 0.15) is 0 Å². The fraction of sp³-hybridized carbons (Fsp3) is 1.00. The number of ether oxygens (including phenoxy) is 6. The second-order valence-corrected chi connectivity index (χ2v) is 8.39. The predicted molar refractivity (Wildman–Crippen MR) is 132 cm³/mol. The zero-order valence-electron chi connectivity index (χ0n) is 22.1. The first kappa shape index (κ1) is 31.8. The fourth-order valence-electron chi connectivity index (χ4n) is 3.24. The van der Waals surface area contributed by atoms with Crippen molar-refractivity contribution >= 4 is 0 Å². The number of hydrogen-bond acceptors (Lipinski definition) is 6. The van der Waals surface area contributed by atoms with Crippen LogP contribution in [0.1, 0.15) is 86.5 Å². The smallest absolute Gasteiger partial charge is 0.0807 e. The lowest BCUT2D eigenvalue weighted by atomic mass is 10.0. The standard InChI is InChI=1S/C26H54O6/c1-7-13-14-23(8-2)19-29-20-24(9-3)31-22-26(11-5)32-21-25(10-4)30-18-17-28-16-15-27-12-6/h23-26H,7-22H2,1-6H3. The summed E-state index contributed by atoms with van der Waals surface area (Å²) >= 11 is 0. The lowest BCUT2D eigenvalue weighted by Gasteiger charge is -2.24. The SMILES string of the molecule is CCCCC(CC)COCC(CC)OCC(CC)OCC(CC)OCCOCCOCC. The first-order chi connectivity index (χ1) is 15.6.